The lowest BCUT2D eigenvalue weighted by molar-refractivity contribution is -0.125. The van der Waals surface area contributed by atoms with E-state index in [0.29, 0.717) is 24.6 Å². The maximum atomic E-state index is 12.2. The van der Waals surface area contributed by atoms with Gasteiger partial charge in [-0.1, -0.05) is 26.0 Å². The van der Waals surface area contributed by atoms with Gasteiger partial charge < -0.3 is 25.1 Å². The van der Waals surface area contributed by atoms with Crippen LogP contribution in [-0.2, 0) is 9.53 Å². The van der Waals surface area contributed by atoms with Crippen molar-refractivity contribution in [3.05, 3.63) is 36.8 Å². The third kappa shape index (κ3) is 4.67. The first kappa shape index (κ1) is 24.2. The highest BCUT2D eigenvalue weighted by molar-refractivity contribution is 6.00. The maximum Gasteiger partial charge on any atom is 0.222 e. The Balaban J connectivity index is 1.24. The highest BCUT2D eigenvalue weighted by Crippen LogP contribution is 2.44. The molecular formula is C29H37N5O3. The molecule has 0 unspecified atom stereocenters. The second-order valence-electron chi connectivity index (χ2n) is 11.4. The Hall–Kier alpha value is -3.13. The quantitative estimate of drug-likeness (QED) is 0.469. The highest BCUT2D eigenvalue weighted by atomic mass is 16.6. The number of benzene rings is 1. The molecule has 3 aliphatic rings. The molecule has 0 atom stereocenters. The summed E-state index contributed by atoms with van der Waals surface area (Å²) in [5.41, 5.74) is 9.21. The molecule has 1 saturated carbocycles. The van der Waals surface area contributed by atoms with Gasteiger partial charge in [-0.25, -0.2) is 9.97 Å². The molecule has 1 aliphatic carbocycles. The molecule has 196 valence electrons. The highest BCUT2D eigenvalue weighted by Gasteiger charge is 2.46. The van der Waals surface area contributed by atoms with Crippen LogP contribution in [0.2, 0.25) is 0 Å². The number of anilines is 1. The monoisotopic (exact) mass is 503 g/mol. The average molecular weight is 504 g/mol. The van der Waals surface area contributed by atoms with Crippen LogP contribution in [0.5, 0.6) is 5.75 Å². The number of hydrogen-bond donors (Lipinski definition) is 2. The van der Waals surface area contributed by atoms with Crippen molar-refractivity contribution in [1.29, 1.82) is 0 Å². The molecule has 3 N–H and O–H groups in total. The fourth-order valence-corrected chi connectivity index (χ4v) is 6.33. The summed E-state index contributed by atoms with van der Waals surface area (Å²) < 4.78 is 14.7. The van der Waals surface area contributed by atoms with Gasteiger partial charge in [0.25, 0.3) is 0 Å². The Morgan fingerprint density at radius 2 is 1.97 bits per heavy atom. The minimum absolute atomic E-state index is 0.00788. The van der Waals surface area contributed by atoms with Gasteiger partial charge in [0.15, 0.2) is 0 Å². The first-order chi connectivity index (χ1) is 17.9. The number of fused-ring (bicyclic) bond motifs is 3. The van der Waals surface area contributed by atoms with Crippen molar-refractivity contribution in [3.63, 3.8) is 0 Å². The lowest BCUT2D eigenvalue weighted by Crippen LogP contribution is -2.39. The van der Waals surface area contributed by atoms with Gasteiger partial charge >= 0.3 is 0 Å². The second-order valence-corrected chi connectivity index (χ2v) is 11.4. The fourth-order valence-electron chi connectivity index (χ4n) is 6.33. The summed E-state index contributed by atoms with van der Waals surface area (Å²) in [6.45, 7) is 4.46. The van der Waals surface area contributed by atoms with E-state index in [1.165, 1.54) is 0 Å². The molecule has 1 amide bonds. The van der Waals surface area contributed by atoms with E-state index in [4.69, 9.17) is 15.2 Å². The Morgan fingerprint density at radius 1 is 1.19 bits per heavy atom. The van der Waals surface area contributed by atoms with E-state index in [1.54, 1.807) is 6.33 Å². The predicted molar refractivity (Wildman–Crippen MR) is 143 cm³/mol. The summed E-state index contributed by atoms with van der Waals surface area (Å²) >= 11 is 0. The molecule has 2 bridgehead atoms. The van der Waals surface area contributed by atoms with Gasteiger partial charge in [0.05, 0.1) is 11.5 Å². The third-order valence-electron chi connectivity index (χ3n) is 8.51. The Kier molecular flexibility index (Phi) is 6.31. The smallest absolute Gasteiger partial charge is 0.222 e. The third-order valence-corrected chi connectivity index (χ3v) is 8.51. The molecule has 2 saturated heterocycles. The molecule has 2 aliphatic heterocycles. The molecule has 6 rings (SSSR count). The van der Waals surface area contributed by atoms with Crippen molar-refractivity contribution in [2.45, 2.75) is 89.0 Å². The van der Waals surface area contributed by atoms with E-state index in [2.05, 4.69) is 38.2 Å². The van der Waals surface area contributed by atoms with Crippen LogP contribution >= 0.6 is 0 Å². The van der Waals surface area contributed by atoms with E-state index in [1.807, 2.05) is 26.0 Å². The van der Waals surface area contributed by atoms with E-state index in [-0.39, 0.29) is 23.5 Å². The molecule has 4 heterocycles. The van der Waals surface area contributed by atoms with Gasteiger partial charge in [-0.3, -0.25) is 4.79 Å². The lowest BCUT2D eigenvalue weighted by Gasteiger charge is -2.30. The molecule has 37 heavy (non-hydrogen) atoms. The minimum Gasteiger partial charge on any atom is -0.491 e. The number of nitrogens with zero attached hydrogens (tertiary/aromatic N) is 3. The average Bonchev–Trinajstić information content (AvgIpc) is 3.62. The minimum atomic E-state index is -0.109. The largest absolute Gasteiger partial charge is 0.491 e. The summed E-state index contributed by atoms with van der Waals surface area (Å²) in [5.74, 6) is 1.46. The summed E-state index contributed by atoms with van der Waals surface area (Å²) in [4.78, 5) is 21.1. The van der Waals surface area contributed by atoms with Crippen LogP contribution < -0.4 is 15.8 Å². The van der Waals surface area contributed by atoms with Crippen molar-refractivity contribution >= 4 is 22.8 Å². The maximum absolute atomic E-state index is 12.2. The van der Waals surface area contributed by atoms with Crippen LogP contribution in [-0.4, -0.2) is 44.8 Å². The van der Waals surface area contributed by atoms with E-state index in [9.17, 15) is 4.79 Å². The molecule has 8 nitrogen and oxygen atoms in total. The normalized spacial score (nSPS) is 27.2. The Morgan fingerprint density at radius 3 is 2.68 bits per heavy atom. The van der Waals surface area contributed by atoms with Crippen LogP contribution in [0.1, 0.15) is 71.3 Å². The summed E-state index contributed by atoms with van der Waals surface area (Å²) in [6, 6.07) is 8.74. The zero-order valence-corrected chi connectivity index (χ0v) is 21.8. The molecule has 2 aromatic heterocycles. The number of nitrogens with one attached hydrogen (secondary N) is 1. The lowest BCUT2D eigenvalue weighted by atomic mass is 9.89. The van der Waals surface area contributed by atoms with Crippen LogP contribution in [0, 0.1) is 5.92 Å². The van der Waals surface area contributed by atoms with Crippen molar-refractivity contribution in [1.82, 2.24) is 19.9 Å². The van der Waals surface area contributed by atoms with E-state index >= 15 is 0 Å². The number of carbonyl (C=O) groups is 1. The molecule has 0 spiro atoms. The standard InChI is InChI=1S/C29H37N5O3/c1-18(2)28(35)33-20-6-8-21(9-7-20)34-15-24(25-26(30)31-17-32-27(25)34)19-4-3-5-23(14-19)36-16-29-12-10-22(37-29)11-13-29/h3-5,14-15,17-18,20-22H,6-13,16H2,1-2H3,(H,33,35)(H2,30,31,32). The van der Waals surface area contributed by atoms with Crippen LogP contribution in [0.25, 0.3) is 22.2 Å². The first-order valence-electron chi connectivity index (χ1n) is 13.7. The first-order valence-corrected chi connectivity index (χ1v) is 13.7. The van der Waals surface area contributed by atoms with Crippen molar-refractivity contribution in [3.8, 4) is 16.9 Å². The number of aromatic nitrogens is 3. The Bertz CT molecular complexity index is 1290. The molecule has 3 fully saturated rings. The molecule has 3 aromatic rings. The number of rotatable bonds is 7. The van der Waals surface area contributed by atoms with Crippen molar-refractivity contribution in [2.75, 3.05) is 12.3 Å². The van der Waals surface area contributed by atoms with E-state index < -0.39 is 0 Å². The summed E-state index contributed by atoms with van der Waals surface area (Å²) in [6.07, 6.45) is 12.5. The summed E-state index contributed by atoms with van der Waals surface area (Å²) in [7, 11) is 0. The number of nitrogens with two attached hydrogens (primary N) is 1. The van der Waals surface area contributed by atoms with E-state index in [0.717, 1.165) is 79.3 Å². The predicted octanol–water partition coefficient (Wildman–Crippen LogP) is 5.03. The SMILES string of the molecule is CC(C)C(=O)NC1CCC(n2cc(-c3cccc(OCC45CCC(CC4)O5)c3)c3c(N)ncnc32)CC1. The molecule has 1 aromatic carbocycles. The van der Waals surface area contributed by atoms with Gasteiger partial charge in [-0.2, -0.15) is 0 Å². The fraction of sp³-hybridized carbons (Fsp3) is 0.552. The molecule has 8 heteroatoms. The second kappa shape index (κ2) is 9.63. The number of hydrogen-bond acceptors (Lipinski definition) is 6. The number of ether oxygens (including phenoxy) is 2. The van der Waals surface area contributed by atoms with Gasteiger partial charge in [-0.05, 0) is 69.1 Å². The molecule has 0 radical (unpaired) electrons. The van der Waals surface area contributed by atoms with Gasteiger partial charge in [0.2, 0.25) is 5.91 Å². The van der Waals surface area contributed by atoms with Gasteiger partial charge in [0.1, 0.15) is 35.7 Å². The zero-order valence-electron chi connectivity index (χ0n) is 21.8. The molecular weight excluding hydrogens is 466 g/mol. The number of carbonyl (C=O) groups excluding carboxylic acids is 1. The number of nitrogen functional groups attached to an aromatic ring is 1. The van der Waals surface area contributed by atoms with Gasteiger partial charge in [-0.15, -0.1) is 0 Å². The van der Waals surface area contributed by atoms with Gasteiger partial charge in [0, 0.05) is 29.8 Å². The Labute approximate surface area is 217 Å². The van der Waals surface area contributed by atoms with Crippen LogP contribution in [0.3, 0.4) is 0 Å². The zero-order chi connectivity index (χ0) is 25.6. The topological polar surface area (TPSA) is 104 Å². The van der Waals surface area contributed by atoms with Crippen LogP contribution in [0.4, 0.5) is 5.82 Å². The van der Waals surface area contributed by atoms with Crippen LogP contribution in [0.15, 0.2) is 36.8 Å². The summed E-state index contributed by atoms with van der Waals surface area (Å²) in [5, 5.41) is 4.08. The van der Waals surface area contributed by atoms with Crippen molar-refractivity contribution in [2.24, 2.45) is 5.92 Å². The number of amides is 1. The van der Waals surface area contributed by atoms with Crippen molar-refractivity contribution < 1.29 is 14.3 Å².